The first kappa shape index (κ1) is 18.4. The zero-order valence-electron chi connectivity index (χ0n) is 17.2. The molecule has 0 amide bonds. The van der Waals surface area contributed by atoms with Crippen molar-refractivity contribution >= 4 is 11.9 Å². The van der Waals surface area contributed by atoms with E-state index in [-0.39, 0.29) is 16.9 Å². The molecular formula is C26H32O2. The number of carbonyl (C=O) groups is 1. The maximum absolute atomic E-state index is 13.4. The van der Waals surface area contributed by atoms with Gasteiger partial charge in [-0.1, -0.05) is 55.8 Å². The number of benzene rings is 1. The van der Waals surface area contributed by atoms with Crippen LogP contribution in [0.3, 0.4) is 0 Å². The van der Waals surface area contributed by atoms with Gasteiger partial charge in [-0.05, 0) is 85.3 Å². The first-order valence-electron chi connectivity index (χ1n) is 11.1. The van der Waals surface area contributed by atoms with Crippen molar-refractivity contribution in [2.75, 3.05) is 0 Å². The van der Waals surface area contributed by atoms with E-state index in [4.69, 9.17) is 0 Å². The number of ketones is 1. The van der Waals surface area contributed by atoms with Crippen molar-refractivity contribution in [2.24, 2.45) is 28.6 Å². The summed E-state index contributed by atoms with van der Waals surface area (Å²) in [6.07, 6.45) is 11.5. The van der Waals surface area contributed by atoms with E-state index in [0.29, 0.717) is 23.5 Å². The molecule has 3 fully saturated rings. The molecule has 0 aromatic heterocycles. The second-order valence-corrected chi connectivity index (χ2v) is 10.2. The molecule has 5 rings (SSSR count). The predicted octanol–water partition coefficient (Wildman–Crippen LogP) is 5.57. The minimum absolute atomic E-state index is 0.154. The van der Waals surface area contributed by atoms with Crippen molar-refractivity contribution in [2.45, 2.75) is 64.9 Å². The quantitative estimate of drug-likeness (QED) is 0.514. The van der Waals surface area contributed by atoms with Crippen LogP contribution < -0.4 is 0 Å². The number of carbonyl (C=O) groups excluding carboxylic acids is 1. The van der Waals surface area contributed by atoms with Crippen LogP contribution in [0.1, 0.15) is 64.4 Å². The highest BCUT2D eigenvalue weighted by Crippen LogP contribution is 2.64. The Morgan fingerprint density at radius 2 is 1.75 bits per heavy atom. The Bertz CT molecular complexity index is 850. The molecular weight excluding hydrogens is 344 g/mol. The highest BCUT2D eigenvalue weighted by atomic mass is 16.3. The average molecular weight is 377 g/mol. The monoisotopic (exact) mass is 376 g/mol. The van der Waals surface area contributed by atoms with Crippen molar-refractivity contribution in [1.29, 1.82) is 0 Å². The van der Waals surface area contributed by atoms with Crippen molar-refractivity contribution in [3.05, 3.63) is 53.1 Å². The maximum atomic E-state index is 13.4. The third kappa shape index (κ3) is 2.60. The molecule has 6 atom stereocenters. The number of aliphatic hydroxyl groups excluding tert-OH is 1. The van der Waals surface area contributed by atoms with E-state index in [1.807, 2.05) is 18.2 Å². The van der Waals surface area contributed by atoms with Crippen LogP contribution in [0.15, 0.2) is 47.6 Å². The Morgan fingerprint density at radius 3 is 2.54 bits per heavy atom. The lowest BCUT2D eigenvalue weighted by Crippen LogP contribution is -2.50. The van der Waals surface area contributed by atoms with Crippen molar-refractivity contribution < 1.29 is 9.90 Å². The molecule has 2 nitrogen and oxygen atoms in total. The van der Waals surface area contributed by atoms with Crippen LogP contribution in [0, 0.1) is 28.6 Å². The van der Waals surface area contributed by atoms with Crippen molar-refractivity contribution in [1.82, 2.24) is 0 Å². The Kier molecular flexibility index (Phi) is 4.21. The molecule has 4 aliphatic carbocycles. The van der Waals surface area contributed by atoms with Crippen molar-refractivity contribution in [3.63, 3.8) is 0 Å². The summed E-state index contributed by atoms with van der Waals surface area (Å²) in [6.45, 7) is 4.69. The molecule has 0 radical (unpaired) electrons. The number of hydrogen-bond acceptors (Lipinski definition) is 2. The third-order valence-electron chi connectivity index (χ3n) is 8.86. The van der Waals surface area contributed by atoms with E-state index in [9.17, 15) is 9.90 Å². The Morgan fingerprint density at radius 1 is 1.00 bits per heavy atom. The molecule has 0 heterocycles. The molecule has 0 unspecified atom stereocenters. The number of hydrogen-bond donors (Lipinski definition) is 1. The van der Waals surface area contributed by atoms with E-state index in [1.54, 1.807) is 0 Å². The van der Waals surface area contributed by atoms with Crippen LogP contribution in [0.2, 0.25) is 0 Å². The van der Waals surface area contributed by atoms with E-state index >= 15 is 0 Å². The standard InChI is InChI=1S/C26H32O2/c1-25-12-10-20(27)16-19(25)8-9-21-22(25)11-13-26(2)23(21)15-18(24(26)28)14-17-6-4-3-5-7-17/h3-8,14,20-23,27H,9-13,15-16H2,1-2H3/b18-14+/t20-,21+,22-,23+,25-,26+/m0/s1. The molecule has 0 aliphatic heterocycles. The topological polar surface area (TPSA) is 37.3 Å². The zero-order chi connectivity index (χ0) is 19.5. The fourth-order valence-electron chi connectivity index (χ4n) is 7.19. The van der Waals surface area contributed by atoms with Gasteiger partial charge in [0, 0.05) is 5.41 Å². The van der Waals surface area contributed by atoms with Gasteiger partial charge in [0.25, 0.3) is 0 Å². The lowest BCUT2D eigenvalue weighted by molar-refractivity contribution is -0.130. The number of fused-ring (bicyclic) bond motifs is 5. The molecule has 28 heavy (non-hydrogen) atoms. The average Bonchev–Trinajstić information content (AvgIpc) is 2.94. The molecule has 1 aromatic carbocycles. The summed E-state index contributed by atoms with van der Waals surface area (Å²) in [5.74, 6) is 2.14. The smallest absolute Gasteiger partial charge is 0.165 e. The second-order valence-electron chi connectivity index (χ2n) is 10.2. The number of Topliss-reactive ketones (excluding diaryl/α,β-unsaturated/α-hetero) is 1. The van der Waals surface area contributed by atoms with Gasteiger partial charge in [0.2, 0.25) is 0 Å². The lowest BCUT2D eigenvalue weighted by Gasteiger charge is -2.56. The summed E-state index contributed by atoms with van der Waals surface area (Å²) in [5.41, 5.74) is 3.73. The summed E-state index contributed by atoms with van der Waals surface area (Å²) in [4.78, 5) is 13.4. The van der Waals surface area contributed by atoms with E-state index < -0.39 is 0 Å². The van der Waals surface area contributed by atoms with Gasteiger partial charge in [-0.2, -0.15) is 0 Å². The maximum Gasteiger partial charge on any atom is 0.165 e. The molecule has 3 saturated carbocycles. The summed E-state index contributed by atoms with van der Waals surface area (Å²) in [6, 6.07) is 10.3. The lowest BCUT2D eigenvalue weighted by atomic mass is 9.48. The molecule has 1 aromatic rings. The van der Waals surface area contributed by atoms with Gasteiger partial charge in [0.05, 0.1) is 6.10 Å². The van der Waals surface area contributed by atoms with E-state index in [2.05, 4.69) is 38.1 Å². The highest BCUT2D eigenvalue weighted by Gasteiger charge is 2.59. The second kappa shape index (κ2) is 6.42. The Hall–Kier alpha value is -1.67. The van der Waals surface area contributed by atoms with Crippen LogP contribution >= 0.6 is 0 Å². The van der Waals surface area contributed by atoms with Crippen LogP contribution in [0.4, 0.5) is 0 Å². The molecule has 2 heteroatoms. The zero-order valence-corrected chi connectivity index (χ0v) is 17.2. The molecule has 0 bridgehead atoms. The normalized spacial score (nSPS) is 43.9. The molecule has 148 valence electrons. The van der Waals surface area contributed by atoms with Crippen LogP contribution in [0.25, 0.3) is 6.08 Å². The van der Waals surface area contributed by atoms with E-state index in [0.717, 1.165) is 56.1 Å². The molecule has 0 spiro atoms. The van der Waals surface area contributed by atoms with Gasteiger partial charge in [-0.3, -0.25) is 4.79 Å². The fourth-order valence-corrected chi connectivity index (χ4v) is 7.19. The summed E-state index contributed by atoms with van der Waals surface area (Å²) < 4.78 is 0. The Balaban J connectivity index is 1.48. The predicted molar refractivity (Wildman–Crippen MR) is 113 cm³/mol. The number of rotatable bonds is 1. The Labute approximate surface area is 168 Å². The SMILES string of the molecule is C[C@@]12CC[C@H]3[C@@H](CC=C4C[C@@H](O)CC[C@@]43C)[C@H]1C/C(=C\c1ccccc1)C2=O. The van der Waals surface area contributed by atoms with Crippen LogP contribution in [-0.4, -0.2) is 17.0 Å². The number of allylic oxidation sites excluding steroid dienone is 2. The third-order valence-corrected chi connectivity index (χ3v) is 8.86. The highest BCUT2D eigenvalue weighted by molar-refractivity contribution is 6.05. The number of aliphatic hydroxyl groups is 1. The van der Waals surface area contributed by atoms with E-state index in [1.165, 1.54) is 5.57 Å². The van der Waals surface area contributed by atoms with Gasteiger partial charge >= 0.3 is 0 Å². The van der Waals surface area contributed by atoms with Gasteiger partial charge < -0.3 is 5.11 Å². The van der Waals surface area contributed by atoms with Gasteiger partial charge in [-0.25, -0.2) is 0 Å². The van der Waals surface area contributed by atoms with Crippen LogP contribution in [0.5, 0.6) is 0 Å². The summed E-state index contributed by atoms with van der Waals surface area (Å²) in [7, 11) is 0. The van der Waals surface area contributed by atoms with Gasteiger partial charge in [0.15, 0.2) is 5.78 Å². The first-order valence-corrected chi connectivity index (χ1v) is 11.1. The molecule has 4 aliphatic rings. The van der Waals surface area contributed by atoms with Gasteiger partial charge in [-0.15, -0.1) is 0 Å². The largest absolute Gasteiger partial charge is 0.393 e. The minimum Gasteiger partial charge on any atom is -0.393 e. The molecule has 1 N–H and O–H groups in total. The fraction of sp³-hybridized carbons (Fsp3) is 0.577. The van der Waals surface area contributed by atoms with Crippen molar-refractivity contribution in [3.8, 4) is 0 Å². The first-order chi connectivity index (χ1) is 13.4. The summed E-state index contributed by atoms with van der Waals surface area (Å²) >= 11 is 0. The van der Waals surface area contributed by atoms with Crippen LogP contribution in [-0.2, 0) is 4.79 Å². The minimum atomic E-state index is -0.183. The summed E-state index contributed by atoms with van der Waals surface area (Å²) in [5, 5.41) is 10.2. The molecule has 0 saturated heterocycles. The van der Waals surface area contributed by atoms with Gasteiger partial charge in [0.1, 0.15) is 0 Å².